The summed E-state index contributed by atoms with van der Waals surface area (Å²) in [6.45, 7) is 2.16. The van der Waals surface area contributed by atoms with Gasteiger partial charge in [0.25, 0.3) is 0 Å². The van der Waals surface area contributed by atoms with E-state index in [0.29, 0.717) is 4.64 Å². The van der Waals surface area contributed by atoms with Crippen LogP contribution in [0.4, 0.5) is 0 Å². The van der Waals surface area contributed by atoms with Crippen molar-refractivity contribution in [3.05, 3.63) is 70.9 Å². The van der Waals surface area contributed by atoms with E-state index in [1.165, 1.54) is 5.56 Å². The molecule has 1 heterocycles. The van der Waals surface area contributed by atoms with Gasteiger partial charge in [-0.25, -0.2) is 4.98 Å². The summed E-state index contributed by atoms with van der Waals surface area (Å²) in [5.41, 5.74) is 4.49. The fourth-order valence-corrected chi connectivity index (χ4v) is 2.51. The van der Waals surface area contributed by atoms with Crippen LogP contribution in [0.15, 0.2) is 60.7 Å². The molecule has 0 bridgehead atoms. The molecular formula is C18H16N2S. The van der Waals surface area contributed by atoms with Crippen LogP contribution in [0.3, 0.4) is 0 Å². The summed E-state index contributed by atoms with van der Waals surface area (Å²) in [5.74, 6) is 0.806. The number of aromatic amines is 1. The third-order valence-electron chi connectivity index (χ3n) is 3.44. The van der Waals surface area contributed by atoms with E-state index in [4.69, 9.17) is 12.2 Å². The topological polar surface area (TPSA) is 28.7 Å². The van der Waals surface area contributed by atoms with Crippen molar-refractivity contribution in [2.75, 3.05) is 0 Å². The van der Waals surface area contributed by atoms with E-state index >= 15 is 0 Å². The van der Waals surface area contributed by atoms with E-state index in [2.05, 4.69) is 41.2 Å². The monoisotopic (exact) mass is 292 g/mol. The van der Waals surface area contributed by atoms with E-state index in [1.807, 2.05) is 36.4 Å². The average molecular weight is 292 g/mol. The molecule has 0 spiro atoms. The summed E-state index contributed by atoms with van der Waals surface area (Å²) in [4.78, 5) is 7.82. The Hall–Kier alpha value is -2.26. The number of nitrogens with zero attached hydrogens (tertiary/aromatic N) is 1. The number of benzene rings is 2. The highest BCUT2D eigenvalue weighted by molar-refractivity contribution is 7.71. The predicted octanol–water partition coefficient (Wildman–Crippen LogP) is 5.04. The summed E-state index contributed by atoms with van der Waals surface area (Å²) in [6, 6.07) is 20.5. The van der Waals surface area contributed by atoms with Crippen molar-refractivity contribution >= 4 is 12.2 Å². The predicted molar refractivity (Wildman–Crippen MR) is 89.7 cm³/mol. The first-order valence-corrected chi connectivity index (χ1v) is 7.43. The lowest BCUT2D eigenvalue weighted by Gasteiger charge is -2.07. The van der Waals surface area contributed by atoms with Crippen LogP contribution < -0.4 is 0 Å². The van der Waals surface area contributed by atoms with Gasteiger partial charge in [-0.15, -0.1) is 0 Å². The van der Waals surface area contributed by atoms with Gasteiger partial charge in [-0.05, 0) is 29.7 Å². The molecule has 2 aromatic carbocycles. The Morgan fingerprint density at radius 3 is 2.48 bits per heavy atom. The molecule has 0 amide bonds. The summed E-state index contributed by atoms with van der Waals surface area (Å²) >= 11 is 5.32. The van der Waals surface area contributed by atoms with Crippen LogP contribution in [-0.2, 0) is 6.42 Å². The maximum Gasteiger partial charge on any atom is 0.139 e. The molecule has 3 aromatic rings. The van der Waals surface area contributed by atoms with Gasteiger partial charge >= 0.3 is 0 Å². The Balaban J connectivity index is 2.12. The van der Waals surface area contributed by atoms with Gasteiger partial charge in [0, 0.05) is 11.3 Å². The fraction of sp³-hybridized carbons (Fsp3) is 0.111. The molecule has 0 unspecified atom stereocenters. The summed E-state index contributed by atoms with van der Waals surface area (Å²) in [5, 5.41) is 0. The van der Waals surface area contributed by atoms with Crippen molar-refractivity contribution in [1.29, 1.82) is 0 Å². The van der Waals surface area contributed by atoms with E-state index in [0.717, 1.165) is 29.1 Å². The maximum atomic E-state index is 5.32. The van der Waals surface area contributed by atoms with Crippen LogP contribution in [-0.4, -0.2) is 9.97 Å². The highest BCUT2D eigenvalue weighted by Gasteiger charge is 2.04. The van der Waals surface area contributed by atoms with Crippen LogP contribution in [0.5, 0.6) is 0 Å². The molecule has 1 N–H and O–H groups in total. The SMILES string of the molecule is CCc1cccc(-c2cc(=S)nc(-c3ccccc3)[nH]2)c1. The van der Waals surface area contributed by atoms with Crippen LogP contribution in [0, 0.1) is 4.64 Å². The zero-order chi connectivity index (χ0) is 14.7. The average Bonchev–Trinajstić information content (AvgIpc) is 2.55. The molecule has 0 atom stereocenters. The smallest absolute Gasteiger partial charge is 0.139 e. The van der Waals surface area contributed by atoms with E-state index in [1.54, 1.807) is 0 Å². The number of aromatic nitrogens is 2. The molecule has 0 fully saturated rings. The van der Waals surface area contributed by atoms with Crippen molar-refractivity contribution in [2.45, 2.75) is 13.3 Å². The highest BCUT2D eigenvalue weighted by Crippen LogP contribution is 2.22. The molecule has 0 aliphatic carbocycles. The number of rotatable bonds is 3. The van der Waals surface area contributed by atoms with Gasteiger partial charge in [-0.1, -0.05) is 67.7 Å². The third-order valence-corrected chi connectivity index (χ3v) is 3.65. The Morgan fingerprint density at radius 2 is 1.71 bits per heavy atom. The Kier molecular flexibility index (Phi) is 3.93. The molecule has 104 valence electrons. The lowest BCUT2D eigenvalue weighted by molar-refractivity contribution is 1.13. The van der Waals surface area contributed by atoms with Crippen molar-refractivity contribution < 1.29 is 0 Å². The van der Waals surface area contributed by atoms with Crippen LogP contribution in [0.1, 0.15) is 12.5 Å². The van der Waals surface area contributed by atoms with Crippen LogP contribution >= 0.6 is 12.2 Å². The lowest BCUT2D eigenvalue weighted by atomic mass is 10.1. The van der Waals surface area contributed by atoms with Gasteiger partial charge < -0.3 is 4.98 Å². The van der Waals surface area contributed by atoms with Crippen molar-refractivity contribution in [3.63, 3.8) is 0 Å². The van der Waals surface area contributed by atoms with Gasteiger partial charge in [0.05, 0.1) is 0 Å². The third kappa shape index (κ3) is 3.09. The number of nitrogens with one attached hydrogen (secondary N) is 1. The molecule has 0 aliphatic rings. The Morgan fingerprint density at radius 1 is 0.952 bits per heavy atom. The first kappa shape index (κ1) is 13.7. The standard InChI is InChI=1S/C18H16N2S/c1-2-13-7-6-10-15(11-13)16-12-17(21)20-18(19-16)14-8-4-3-5-9-14/h3-12H,2H2,1H3,(H,19,20,21). The van der Waals surface area contributed by atoms with Gasteiger partial charge in [0.2, 0.25) is 0 Å². The van der Waals surface area contributed by atoms with Gasteiger partial charge in [0.1, 0.15) is 10.5 Å². The van der Waals surface area contributed by atoms with Crippen LogP contribution in [0.25, 0.3) is 22.6 Å². The first-order valence-electron chi connectivity index (χ1n) is 7.02. The second-order valence-electron chi connectivity index (χ2n) is 4.90. The second kappa shape index (κ2) is 6.02. The lowest BCUT2D eigenvalue weighted by Crippen LogP contribution is -1.93. The Bertz CT molecular complexity index is 807. The maximum absolute atomic E-state index is 5.32. The quantitative estimate of drug-likeness (QED) is 0.685. The molecule has 3 heteroatoms. The summed E-state index contributed by atoms with van der Waals surface area (Å²) < 4.78 is 0.601. The van der Waals surface area contributed by atoms with E-state index < -0.39 is 0 Å². The minimum Gasteiger partial charge on any atom is -0.339 e. The first-order chi connectivity index (χ1) is 10.3. The second-order valence-corrected chi connectivity index (χ2v) is 5.32. The molecule has 0 aliphatic heterocycles. The molecule has 0 radical (unpaired) electrons. The normalized spacial score (nSPS) is 10.5. The number of hydrogen-bond donors (Lipinski definition) is 1. The molecule has 3 rings (SSSR count). The number of aryl methyl sites for hydroxylation is 1. The zero-order valence-electron chi connectivity index (χ0n) is 11.8. The van der Waals surface area contributed by atoms with Crippen LogP contribution in [0.2, 0.25) is 0 Å². The van der Waals surface area contributed by atoms with Crippen molar-refractivity contribution in [3.8, 4) is 22.6 Å². The largest absolute Gasteiger partial charge is 0.339 e. The molecule has 0 saturated carbocycles. The molecule has 0 saturated heterocycles. The molecule has 1 aromatic heterocycles. The van der Waals surface area contributed by atoms with Crippen molar-refractivity contribution in [2.24, 2.45) is 0 Å². The van der Waals surface area contributed by atoms with Gasteiger partial charge in [-0.2, -0.15) is 0 Å². The Labute approximate surface area is 129 Å². The number of H-pyrrole nitrogens is 1. The molecule has 21 heavy (non-hydrogen) atoms. The summed E-state index contributed by atoms with van der Waals surface area (Å²) in [7, 11) is 0. The minimum atomic E-state index is 0.601. The molecule has 2 nitrogen and oxygen atoms in total. The van der Waals surface area contributed by atoms with Gasteiger partial charge in [-0.3, -0.25) is 0 Å². The number of hydrogen-bond acceptors (Lipinski definition) is 2. The highest BCUT2D eigenvalue weighted by atomic mass is 32.1. The fourth-order valence-electron chi connectivity index (χ4n) is 2.30. The van der Waals surface area contributed by atoms with Gasteiger partial charge in [0.15, 0.2) is 0 Å². The summed E-state index contributed by atoms with van der Waals surface area (Å²) in [6.07, 6.45) is 1.02. The van der Waals surface area contributed by atoms with E-state index in [9.17, 15) is 0 Å². The minimum absolute atomic E-state index is 0.601. The van der Waals surface area contributed by atoms with E-state index in [-0.39, 0.29) is 0 Å². The zero-order valence-corrected chi connectivity index (χ0v) is 12.7. The molecular weight excluding hydrogens is 276 g/mol. The van der Waals surface area contributed by atoms with Crippen molar-refractivity contribution in [1.82, 2.24) is 9.97 Å².